The fraction of sp³-hybridized carbons (Fsp3) is 0.800. The molecule has 0 bridgehead atoms. The van der Waals surface area contributed by atoms with Gasteiger partial charge in [0.1, 0.15) is 0 Å². The Hall–Kier alpha value is -0.610. The Kier molecular flexibility index (Phi) is 0.841. The molecule has 4 heteroatoms. The standard InChI is InChI=1S/C5H9N3O/c9-5-3-6-1-4(5)2-7-8-5/h2,4,6,8-9H,1,3H2. The zero-order valence-electron chi connectivity index (χ0n) is 4.96. The van der Waals surface area contributed by atoms with Gasteiger partial charge in [0, 0.05) is 19.3 Å². The van der Waals surface area contributed by atoms with Crippen LogP contribution in [0.25, 0.3) is 0 Å². The Bertz CT molecular complexity index is 158. The van der Waals surface area contributed by atoms with E-state index in [9.17, 15) is 5.11 Å². The minimum absolute atomic E-state index is 0.164. The lowest BCUT2D eigenvalue weighted by Crippen LogP contribution is -2.45. The summed E-state index contributed by atoms with van der Waals surface area (Å²) in [6.07, 6.45) is 1.75. The van der Waals surface area contributed by atoms with E-state index in [1.54, 1.807) is 6.21 Å². The fourth-order valence-electron chi connectivity index (χ4n) is 1.26. The van der Waals surface area contributed by atoms with Crippen molar-refractivity contribution in [3.05, 3.63) is 0 Å². The van der Waals surface area contributed by atoms with Gasteiger partial charge in [-0.25, -0.2) is 0 Å². The van der Waals surface area contributed by atoms with Gasteiger partial charge in [0.25, 0.3) is 0 Å². The summed E-state index contributed by atoms with van der Waals surface area (Å²) in [7, 11) is 0. The lowest BCUT2D eigenvalue weighted by molar-refractivity contribution is 0.0184. The largest absolute Gasteiger partial charge is 0.368 e. The van der Waals surface area contributed by atoms with Crippen LogP contribution in [0.1, 0.15) is 0 Å². The fourth-order valence-corrected chi connectivity index (χ4v) is 1.26. The van der Waals surface area contributed by atoms with Crippen LogP contribution in [0.5, 0.6) is 0 Å². The second-order valence-electron chi connectivity index (χ2n) is 2.55. The van der Waals surface area contributed by atoms with Crippen LogP contribution in [0.2, 0.25) is 0 Å². The van der Waals surface area contributed by atoms with Crippen LogP contribution in [0.3, 0.4) is 0 Å². The molecule has 0 aliphatic carbocycles. The molecule has 0 aromatic heterocycles. The van der Waals surface area contributed by atoms with Gasteiger partial charge in [-0.2, -0.15) is 5.10 Å². The molecule has 0 aromatic rings. The quantitative estimate of drug-likeness (QED) is 0.370. The van der Waals surface area contributed by atoms with Crippen LogP contribution in [-0.4, -0.2) is 30.1 Å². The highest BCUT2D eigenvalue weighted by molar-refractivity contribution is 5.65. The molecular formula is C5H9N3O. The van der Waals surface area contributed by atoms with Crippen molar-refractivity contribution in [1.82, 2.24) is 10.7 Å². The highest BCUT2D eigenvalue weighted by Gasteiger charge is 2.43. The molecule has 0 radical (unpaired) electrons. The number of nitrogens with one attached hydrogen (secondary N) is 2. The molecule has 2 atom stereocenters. The Morgan fingerprint density at radius 3 is 3.44 bits per heavy atom. The van der Waals surface area contributed by atoms with Crippen LogP contribution in [-0.2, 0) is 0 Å². The SMILES string of the molecule is OC12CNCC1C=NN2. The van der Waals surface area contributed by atoms with Crippen molar-refractivity contribution < 1.29 is 5.11 Å². The molecule has 2 aliphatic heterocycles. The molecule has 0 amide bonds. The first-order chi connectivity index (χ1) is 4.31. The predicted octanol–water partition coefficient (Wildman–Crippen LogP) is -1.52. The number of rotatable bonds is 0. The van der Waals surface area contributed by atoms with Crippen molar-refractivity contribution in [2.24, 2.45) is 11.0 Å². The molecule has 50 valence electrons. The van der Waals surface area contributed by atoms with E-state index in [-0.39, 0.29) is 5.92 Å². The van der Waals surface area contributed by atoms with Crippen molar-refractivity contribution in [3.8, 4) is 0 Å². The second kappa shape index (κ2) is 1.46. The number of aliphatic hydroxyl groups is 1. The molecule has 0 aromatic carbocycles. The van der Waals surface area contributed by atoms with Crippen molar-refractivity contribution >= 4 is 6.21 Å². The third kappa shape index (κ3) is 0.571. The van der Waals surface area contributed by atoms with E-state index in [0.29, 0.717) is 6.54 Å². The maximum Gasteiger partial charge on any atom is 0.171 e. The van der Waals surface area contributed by atoms with Crippen molar-refractivity contribution in [2.45, 2.75) is 5.72 Å². The molecule has 4 nitrogen and oxygen atoms in total. The summed E-state index contributed by atoms with van der Waals surface area (Å²) in [4.78, 5) is 0. The first kappa shape index (κ1) is 5.20. The molecule has 2 heterocycles. The van der Waals surface area contributed by atoms with Crippen LogP contribution in [0.4, 0.5) is 0 Å². The molecule has 9 heavy (non-hydrogen) atoms. The monoisotopic (exact) mass is 127 g/mol. The van der Waals surface area contributed by atoms with Crippen LogP contribution >= 0.6 is 0 Å². The minimum Gasteiger partial charge on any atom is -0.368 e. The van der Waals surface area contributed by atoms with Gasteiger partial charge in [-0.1, -0.05) is 0 Å². The first-order valence-corrected chi connectivity index (χ1v) is 3.05. The van der Waals surface area contributed by atoms with Crippen LogP contribution in [0.15, 0.2) is 5.10 Å². The van der Waals surface area contributed by atoms with Gasteiger partial charge in [-0.15, -0.1) is 0 Å². The zero-order valence-corrected chi connectivity index (χ0v) is 4.96. The molecular weight excluding hydrogens is 118 g/mol. The average Bonchev–Trinajstić information content (AvgIpc) is 2.22. The van der Waals surface area contributed by atoms with E-state index < -0.39 is 5.72 Å². The maximum absolute atomic E-state index is 9.53. The Balaban J connectivity index is 2.24. The Labute approximate surface area is 52.9 Å². The van der Waals surface area contributed by atoms with Gasteiger partial charge in [0.15, 0.2) is 5.72 Å². The summed E-state index contributed by atoms with van der Waals surface area (Å²) in [5.41, 5.74) is 1.88. The van der Waals surface area contributed by atoms with Crippen molar-refractivity contribution in [2.75, 3.05) is 13.1 Å². The highest BCUT2D eigenvalue weighted by Crippen LogP contribution is 2.20. The number of hydrogen-bond acceptors (Lipinski definition) is 4. The third-order valence-electron chi connectivity index (χ3n) is 1.88. The summed E-state index contributed by atoms with van der Waals surface area (Å²) < 4.78 is 0. The zero-order chi connectivity index (χ0) is 6.32. The van der Waals surface area contributed by atoms with E-state index in [1.807, 2.05) is 0 Å². The topological polar surface area (TPSA) is 56.6 Å². The van der Waals surface area contributed by atoms with E-state index in [0.717, 1.165) is 6.54 Å². The normalized spacial score (nSPS) is 47.0. The van der Waals surface area contributed by atoms with Gasteiger partial charge >= 0.3 is 0 Å². The van der Waals surface area contributed by atoms with Gasteiger partial charge in [0.05, 0.1) is 5.92 Å². The summed E-state index contributed by atoms with van der Waals surface area (Å²) in [6, 6.07) is 0. The van der Waals surface area contributed by atoms with Crippen LogP contribution in [0, 0.1) is 5.92 Å². The Morgan fingerprint density at radius 2 is 2.67 bits per heavy atom. The van der Waals surface area contributed by atoms with Crippen molar-refractivity contribution in [1.29, 1.82) is 0 Å². The molecule has 3 N–H and O–H groups in total. The van der Waals surface area contributed by atoms with Gasteiger partial charge in [-0.3, -0.25) is 5.43 Å². The second-order valence-corrected chi connectivity index (χ2v) is 2.55. The number of hydrogen-bond donors (Lipinski definition) is 3. The average molecular weight is 127 g/mol. The Morgan fingerprint density at radius 1 is 1.78 bits per heavy atom. The summed E-state index contributed by atoms with van der Waals surface area (Å²) in [5.74, 6) is 0.164. The lowest BCUT2D eigenvalue weighted by atomic mass is 10.0. The third-order valence-corrected chi connectivity index (χ3v) is 1.88. The molecule has 0 saturated carbocycles. The molecule has 2 unspecified atom stereocenters. The first-order valence-electron chi connectivity index (χ1n) is 3.05. The number of nitrogens with zero attached hydrogens (tertiary/aromatic N) is 1. The van der Waals surface area contributed by atoms with E-state index in [1.165, 1.54) is 0 Å². The van der Waals surface area contributed by atoms with Gasteiger partial charge in [-0.05, 0) is 0 Å². The van der Waals surface area contributed by atoms with E-state index in [4.69, 9.17) is 0 Å². The van der Waals surface area contributed by atoms with Gasteiger partial charge < -0.3 is 10.4 Å². The highest BCUT2D eigenvalue weighted by atomic mass is 16.3. The molecule has 1 fully saturated rings. The predicted molar refractivity (Wildman–Crippen MR) is 32.9 cm³/mol. The molecule has 0 spiro atoms. The molecule has 2 rings (SSSR count). The number of hydrazone groups is 1. The number of β-amino-alcohol motifs (C(OH)–C–C–N with tert-alkyl or cyclic N) is 1. The summed E-state index contributed by atoms with van der Waals surface area (Å²) >= 11 is 0. The van der Waals surface area contributed by atoms with E-state index >= 15 is 0 Å². The summed E-state index contributed by atoms with van der Waals surface area (Å²) in [6.45, 7) is 1.42. The summed E-state index contributed by atoms with van der Waals surface area (Å²) in [5, 5.41) is 16.4. The smallest absolute Gasteiger partial charge is 0.171 e. The maximum atomic E-state index is 9.53. The van der Waals surface area contributed by atoms with E-state index in [2.05, 4.69) is 15.8 Å². The number of fused-ring (bicyclic) bond motifs is 1. The van der Waals surface area contributed by atoms with Crippen LogP contribution < -0.4 is 10.7 Å². The molecule has 2 aliphatic rings. The van der Waals surface area contributed by atoms with Crippen molar-refractivity contribution in [3.63, 3.8) is 0 Å². The lowest BCUT2D eigenvalue weighted by Gasteiger charge is -2.19. The molecule has 1 saturated heterocycles. The minimum atomic E-state index is -0.778. The van der Waals surface area contributed by atoms with Gasteiger partial charge in [0.2, 0.25) is 0 Å².